The van der Waals surface area contributed by atoms with E-state index in [-0.39, 0.29) is 5.91 Å². The number of rotatable bonds is 4. The molecule has 112 valence electrons. The van der Waals surface area contributed by atoms with E-state index in [4.69, 9.17) is 0 Å². The summed E-state index contributed by atoms with van der Waals surface area (Å²) in [7, 11) is 0. The first kappa shape index (κ1) is 14.5. The Balaban J connectivity index is 1.93. The number of nitrogens with zero attached hydrogens (tertiary/aromatic N) is 2. The summed E-state index contributed by atoms with van der Waals surface area (Å²) in [4.78, 5) is 24.9. The number of hydrazone groups is 1. The van der Waals surface area contributed by atoms with Crippen LogP contribution >= 0.6 is 11.3 Å². The van der Waals surface area contributed by atoms with E-state index in [2.05, 4.69) is 10.4 Å². The first-order valence-electron chi connectivity index (χ1n) is 6.96. The normalized spacial score (nSPS) is 21.6. The highest BCUT2D eigenvalue weighted by atomic mass is 32.1. The SMILES string of the molecule is CC[C@]1(c2ccccc2)NC(=O)N(/N=C\c2ccsc2)C1=O. The van der Waals surface area contributed by atoms with Gasteiger partial charge in [0, 0.05) is 5.56 Å². The molecule has 1 atom stereocenters. The van der Waals surface area contributed by atoms with Gasteiger partial charge < -0.3 is 5.32 Å². The number of benzene rings is 1. The molecular formula is C16H15N3O2S. The van der Waals surface area contributed by atoms with E-state index in [1.54, 1.807) is 0 Å². The summed E-state index contributed by atoms with van der Waals surface area (Å²) >= 11 is 1.53. The van der Waals surface area contributed by atoms with Crippen LogP contribution in [-0.2, 0) is 10.3 Å². The highest BCUT2D eigenvalue weighted by Gasteiger charge is 2.51. The van der Waals surface area contributed by atoms with Crippen molar-refractivity contribution in [2.75, 3.05) is 0 Å². The van der Waals surface area contributed by atoms with Gasteiger partial charge in [-0.15, -0.1) is 5.01 Å². The van der Waals surface area contributed by atoms with Gasteiger partial charge in [0.05, 0.1) is 6.21 Å². The van der Waals surface area contributed by atoms with Gasteiger partial charge in [0.25, 0.3) is 5.91 Å². The Hall–Kier alpha value is -2.47. The number of urea groups is 1. The molecule has 2 heterocycles. The number of imide groups is 1. The monoisotopic (exact) mass is 313 g/mol. The molecular weight excluding hydrogens is 298 g/mol. The standard InChI is InChI=1S/C16H15N3O2S/c1-2-16(13-6-4-3-5-7-13)14(20)19(15(21)18-16)17-10-12-8-9-22-11-12/h3-11H,2H2,1H3,(H,18,21)/b17-10-/t16-/m1/s1. The first-order chi connectivity index (χ1) is 10.7. The van der Waals surface area contributed by atoms with Crippen LogP contribution in [0.5, 0.6) is 0 Å². The van der Waals surface area contributed by atoms with E-state index < -0.39 is 11.6 Å². The fraction of sp³-hybridized carbons (Fsp3) is 0.188. The Morgan fingerprint density at radius 1 is 1.27 bits per heavy atom. The van der Waals surface area contributed by atoms with Crippen molar-refractivity contribution in [1.82, 2.24) is 10.3 Å². The Kier molecular flexibility index (Phi) is 3.77. The summed E-state index contributed by atoms with van der Waals surface area (Å²) in [6.07, 6.45) is 1.98. The summed E-state index contributed by atoms with van der Waals surface area (Å²) in [5.41, 5.74) is 0.591. The quantitative estimate of drug-likeness (QED) is 0.697. The van der Waals surface area contributed by atoms with Gasteiger partial charge in [0.15, 0.2) is 0 Å². The highest BCUT2D eigenvalue weighted by molar-refractivity contribution is 7.08. The van der Waals surface area contributed by atoms with Crippen LogP contribution in [-0.4, -0.2) is 23.2 Å². The largest absolute Gasteiger partial charge is 0.346 e. The molecule has 0 bridgehead atoms. The van der Waals surface area contributed by atoms with Gasteiger partial charge in [-0.3, -0.25) is 4.79 Å². The molecule has 1 aromatic carbocycles. The number of carbonyl (C=O) groups is 2. The van der Waals surface area contributed by atoms with Crippen molar-refractivity contribution >= 4 is 29.5 Å². The minimum absolute atomic E-state index is 0.349. The van der Waals surface area contributed by atoms with Gasteiger partial charge in [0.1, 0.15) is 5.54 Å². The molecule has 3 rings (SSSR count). The van der Waals surface area contributed by atoms with Crippen molar-refractivity contribution in [2.45, 2.75) is 18.9 Å². The van der Waals surface area contributed by atoms with E-state index in [0.717, 1.165) is 16.1 Å². The lowest BCUT2D eigenvalue weighted by molar-refractivity contribution is -0.131. The second kappa shape index (κ2) is 5.73. The summed E-state index contributed by atoms with van der Waals surface area (Å²) < 4.78 is 0. The second-order valence-electron chi connectivity index (χ2n) is 4.97. The molecule has 1 aliphatic rings. The van der Waals surface area contributed by atoms with Crippen LogP contribution in [0.25, 0.3) is 0 Å². The number of amides is 3. The predicted molar refractivity (Wildman–Crippen MR) is 85.7 cm³/mol. The molecule has 6 heteroatoms. The number of thiophene rings is 1. The van der Waals surface area contributed by atoms with Gasteiger partial charge in [-0.2, -0.15) is 16.4 Å². The van der Waals surface area contributed by atoms with E-state index in [1.165, 1.54) is 17.6 Å². The number of hydrogen-bond donors (Lipinski definition) is 1. The number of nitrogens with one attached hydrogen (secondary N) is 1. The molecule has 0 radical (unpaired) electrons. The van der Waals surface area contributed by atoms with Crippen LogP contribution in [0, 0.1) is 0 Å². The van der Waals surface area contributed by atoms with Crippen molar-refractivity contribution < 1.29 is 9.59 Å². The summed E-state index contributed by atoms with van der Waals surface area (Å²) in [6.45, 7) is 1.87. The molecule has 5 nitrogen and oxygen atoms in total. The predicted octanol–water partition coefficient (Wildman–Crippen LogP) is 2.94. The molecule has 0 saturated carbocycles. The van der Waals surface area contributed by atoms with E-state index >= 15 is 0 Å². The van der Waals surface area contributed by atoms with Gasteiger partial charge in [-0.1, -0.05) is 37.3 Å². The van der Waals surface area contributed by atoms with Crippen molar-refractivity contribution in [3.63, 3.8) is 0 Å². The fourth-order valence-electron chi connectivity index (χ4n) is 2.50. The lowest BCUT2D eigenvalue weighted by Gasteiger charge is -2.24. The third kappa shape index (κ3) is 2.31. The molecule has 0 aliphatic carbocycles. The Labute approximate surface area is 132 Å². The lowest BCUT2D eigenvalue weighted by Crippen LogP contribution is -2.43. The van der Waals surface area contributed by atoms with Crippen LogP contribution in [0.4, 0.5) is 4.79 Å². The molecule has 1 N–H and O–H groups in total. The van der Waals surface area contributed by atoms with Gasteiger partial charge in [-0.25, -0.2) is 4.79 Å². The third-order valence-electron chi connectivity index (χ3n) is 3.73. The van der Waals surface area contributed by atoms with Crippen molar-refractivity contribution in [2.24, 2.45) is 5.10 Å². The van der Waals surface area contributed by atoms with Crippen LogP contribution < -0.4 is 5.32 Å². The average molecular weight is 313 g/mol. The summed E-state index contributed by atoms with van der Waals surface area (Å²) in [5.74, 6) is -0.349. The molecule has 22 heavy (non-hydrogen) atoms. The molecule has 1 aliphatic heterocycles. The fourth-order valence-corrected chi connectivity index (χ4v) is 3.11. The zero-order valence-electron chi connectivity index (χ0n) is 12.0. The maximum absolute atomic E-state index is 12.8. The van der Waals surface area contributed by atoms with Crippen LogP contribution in [0.2, 0.25) is 0 Å². The van der Waals surface area contributed by atoms with Gasteiger partial charge in [0.2, 0.25) is 0 Å². The van der Waals surface area contributed by atoms with Gasteiger partial charge >= 0.3 is 6.03 Å². The Bertz CT molecular complexity index is 712. The molecule has 1 saturated heterocycles. The summed E-state index contributed by atoms with van der Waals surface area (Å²) in [5, 5.41) is 11.6. The first-order valence-corrected chi connectivity index (χ1v) is 7.90. The van der Waals surface area contributed by atoms with E-state index in [1.807, 2.05) is 54.1 Å². The molecule has 2 aromatic rings. The molecule has 0 spiro atoms. The van der Waals surface area contributed by atoms with Crippen molar-refractivity contribution in [3.05, 3.63) is 58.3 Å². The minimum atomic E-state index is -1.04. The average Bonchev–Trinajstić information content (AvgIpc) is 3.14. The smallest absolute Gasteiger partial charge is 0.318 e. The van der Waals surface area contributed by atoms with Crippen LogP contribution in [0.15, 0.2) is 52.3 Å². The second-order valence-corrected chi connectivity index (χ2v) is 5.75. The topological polar surface area (TPSA) is 61.8 Å². The molecule has 1 fully saturated rings. The molecule has 3 amide bonds. The zero-order valence-corrected chi connectivity index (χ0v) is 12.8. The van der Waals surface area contributed by atoms with Crippen LogP contribution in [0.1, 0.15) is 24.5 Å². The Morgan fingerprint density at radius 2 is 2.05 bits per heavy atom. The van der Waals surface area contributed by atoms with Crippen LogP contribution in [0.3, 0.4) is 0 Å². The summed E-state index contributed by atoms with van der Waals surface area (Å²) in [6, 6.07) is 10.6. The minimum Gasteiger partial charge on any atom is -0.318 e. The molecule has 1 aromatic heterocycles. The third-order valence-corrected chi connectivity index (χ3v) is 4.43. The maximum atomic E-state index is 12.8. The van der Waals surface area contributed by atoms with Crippen molar-refractivity contribution in [3.8, 4) is 0 Å². The highest BCUT2D eigenvalue weighted by Crippen LogP contribution is 2.32. The maximum Gasteiger partial charge on any atom is 0.346 e. The number of carbonyl (C=O) groups excluding carboxylic acids is 2. The lowest BCUT2D eigenvalue weighted by atomic mass is 9.87. The molecule has 0 unspecified atom stereocenters. The van der Waals surface area contributed by atoms with E-state index in [0.29, 0.717) is 6.42 Å². The van der Waals surface area contributed by atoms with Crippen molar-refractivity contribution in [1.29, 1.82) is 0 Å². The number of hydrogen-bond acceptors (Lipinski definition) is 4. The zero-order chi connectivity index (χ0) is 15.6. The van der Waals surface area contributed by atoms with E-state index in [9.17, 15) is 9.59 Å². The Morgan fingerprint density at radius 3 is 2.68 bits per heavy atom. The van der Waals surface area contributed by atoms with Gasteiger partial charge in [-0.05, 0) is 28.8 Å².